The molecule has 0 atom stereocenters. The Bertz CT molecular complexity index is 205. The summed E-state index contributed by atoms with van der Waals surface area (Å²) in [5.74, 6) is 0. The molecule has 2 rings (SSSR count). The van der Waals surface area contributed by atoms with Gasteiger partial charge in [0.2, 0.25) is 0 Å². The molecule has 0 aromatic carbocycles. The first kappa shape index (κ1) is 5.73. The number of fused-ring (bicyclic) bond motifs is 1. The van der Waals surface area contributed by atoms with E-state index in [1.807, 2.05) is 0 Å². The molecular formula is C9H9N. The fraction of sp³-hybridized carbons (Fsp3) is 0.444. The van der Waals surface area contributed by atoms with E-state index in [1.54, 1.807) is 6.20 Å². The second kappa shape index (κ2) is 2.30. The first-order valence-corrected chi connectivity index (χ1v) is 3.73. The zero-order valence-corrected chi connectivity index (χ0v) is 5.85. The van der Waals surface area contributed by atoms with Crippen LogP contribution in [0.5, 0.6) is 0 Å². The van der Waals surface area contributed by atoms with Crippen LogP contribution in [0.4, 0.5) is 0 Å². The molecule has 0 aliphatic heterocycles. The molecule has 0 spiro atoms. The molecular weight excluding hydrogens is 122 g/mol. The lowest BCUT2D eigenvalue weighted by Crippen LogP contribution is -2.02. The van der Waals surface area contributed by atoms with Gasteiger partial charge in [-0.1, -0.05) is 6.07 Å². The zero-order chi connectivity index (χ0) is 6.81. The third-order valence-corrected chi connectivity index (χ3v) is 1.95. The summed E-state index contributed by atoms with van der Waals surface area (Å²) in [4.78, 5) is 4.23. The number of aryl methyl sites for hydroxylation is 1. The number of nitrogens with zero attached hydrogens (tertiary/aromatic N) is 1. The van der Waals surface area contributed by atoms with Crippen molar-refractivity contribution in [2.24, 2.45) is 0 Å². The molecule has 1 aromatic rings. The molecule has 0 bridgehead atoms. The van der Waals surface area contributed by atoms with Crippen molar-refractivity contribution in [1.29, 1.82) is 0 Å². The van der Waals surface area contributed by atoms with Crippen molar-refractivity contribution in [3.8, 4) is 0 Å². The molecule has 1 nitrogen and oxygen atoms in total. The summed E-state index contributed by atoms with van der Waals surface area (Å²) >= 11 is 0. The van der Waals surface area contributed by atoms with E-state index in [1.165, 1.54) is 24.1 Å². The van der Waals surface area contributed by atoms with E-state index in [9.17, 15) is 0 Å². The van der Waals surface area contributed by atoms with Crippen molar-refractivity contribution in [3.63, 3.8) is 0 Å². The summed E-state index contributed by atoms with van der Waals surface area (Å²) in [6, 6.07) is 5.99. The normalized spacial score (nSPS) is 15.6. The molecule has 1 aliphatic rings. The largest absolute Gasteiger partial charge is 0.251 e. The summed E-state index contributed by atoms with van der Waals surface area (Å²) in [5, 5.41) is 0. The van der Waals surface area contributed by atoms with E-state index in [4.69, 9.17) is 0 Å². The van der Waals surface area contributed by atoms with Crippen LogP contribution in [0.15, 0.2) is 6.20 Å². The lowest BCUT2D eigenvalue weighted by Gasteiger charge is -2.10. The van der Waals surface area contributed by atoms with Gasteiger partial charge in [-0.2, -0.15) is 0 Å². The molecule has 1 aromatic heterocycles. The van der Waals surface area contributed by atoms with Crippen LogP contribution in [0.1, 0.15) is 24.1 Å². The number of hydrogen-bond acceptors (Lipinski definition) is 1. The highest BCUT2D eigenvalue weighted by atomic mass is 14.7. The van der Waals surface area contributed by atoms with E-state index >= 15 is 0 Å². The predicted octanol–water partition coefficient (Wildman–Crippen LogP) is 1.56. The van der Waals surface area contributed by atoms with Gasteiger partial charge in [0.05, 0.1) is 11.9 Å². The van der Waals surface area contributed by atoms with Gasteiger partial charge in [0, 0.05) is 5.56 Å². The first-order valence-electron chi connectivity index (χ1n) is 3.73. The lowest BCUT2D eigenvalue weighted by atomic mass is 9.98. The minimum Gasteiger partial charge on any atom is -0.251 e. The third-order valence-electron chi connectivity index (χ3n) is 1.95. The van der Waals surface area contributed by atoms with Crippen LogP contribution in [-0.4, -0.2) is 4.98 Å². The Balaban J connectivity index is 2.41. The molecule has 0 unspecified atom stereocenters. The fourth-order valence-electron chi connectivity index (χ4n) is 1.40. The van der Waals surface area contributed by atoms with Crippen molar-refractivity contribution in [2.75, 3.05) is 0 Å². The molecule has 0 N–H and O–H groups in total. The van der Waals surface area contributed by atoms with Crippen LogP contribution < -0.4 is 0 Å². The van der Waals surface area contributed by atoms with Crippen molar-refractivity contribution < 1.29 is 0 Å². The molecule has 1 heteroatoms. The second-order valence-electron chi connectivity index (χ2n) is 2.66. The minimum atomic E-state index is 1.14. The summed E-state index contributed by atoms with van der Waals surface area (Å²) in [6.45, 7) is 0. The molecule has 0 radical (unpaired) electrons. The van der Waals surface area contributed by atoms with E-state index in [0.29, 0.717) is 0 Å². The van der Waals surface area contributed by atoms with Gasteiger partial charge in [-0.3, -0.25) is 4.98 Å². The van der Waals surface area contributed by atoms with Gasteiger partial charge in [-0.25, -0.2) is 0 Å². The Kier molecular flexibility index (Phi) is 1.32. The van der Waals surface area contributed by atoms with Gasteiger partial charge in [0.15, 0.2) is 0 Å². The SMILES string of the molecule is c1cnc2c(c#1)CCCC2. The standard InChI is InChI=1S/C9H9N/c1-2-6-9-8(4-1)5-3-7-10-9/h7H,1-2,4,6H2. The maximum Gasteiger partial charge on any atom is 0.0773 e. The average molecular weight is 131 g/mol. The monoisotopic (exact) mass is 131 g/mol. The van der Waals surface area contributed by atoms with Crippen molar-refractivity contribution in [2.45, 2.75) is 25.7 Å². The van der Waals surface area contributed by atoms with Crippen molar-refractivity contribution >= 4 is 0 Å². The topological polar surface area (TPSA) is 12.9 Å². The molecule has 0 amide bonds. The van der Waals surface area contributed by atoms with E-state index in [0.717, 1.165) is 12.8 Å². The third kappa shape index (κ3) is 0.863. The quantitative estimate of drug-likeness (QED) is 0.520. The summed E-state index contributed by atoms with van der Waals surface area (Å²) in [7, 11) is 0. The summed E-state index contributed by atoms with van der Waals surface area (Å²) in [6.07, 6.45) is 6.59. The van der Waals surface area contributed by atoms with Gasteiger partial charge in [-0.15, -0.1) is 0 Å². The molecule has 50 valence electrons. The van der Waals surface area contributed by atoms with Gasteiger partial charge < -0.3 is 0 Å². The Morgan fingerprint density at radius 3 is 3.10 bits per heavy atom. The second-order valence-corrected chi connectivity index (χ2v) is 2.66. The lowest BCUT2D eigenvalue weighted by molar-refractivity contribution is 0.668. The van der Waals surface area contributed by atoms with Crippen LogP contribution in [0, 0.1) is 12.1 Å². The molecule has 1 aliphatic carbocycles. The first-order chi connectivity index (χ1) is 4.97. The Hall–Kier alpha value is -1.03. The van der Waals surface area contributed by atoms with Gasteiger partial charge in [0.25, 0.3) is 0 Å². The molecule has 0 saturated heterocycles. The molecule has 10 heavy (non-hydrogen) atoms. The fourth-order valence-corrected chi connectivity index (χ4v) is 1.40. The number of hydrogen-bond donors (Lipinski definition) is 0. The number of rotatable bonds is 0. The highest BCUT2D eigenvalue weighted by molar-refractivity contribution is 5.17. The van der Waals surface area contributed by atoms with Gasteiger partial charge in [0.1, 0.15) is 0 Å². The van der Waals surface area contributed by atoms with Crippen LogP contribution in [0.3, 0.4) is 0 Å². The Morgan fingerprint density at radius 1 is 1.30 bits per heavy atom. The summed E-state index contributed by atoms with van der Waals surface area (Å²) in [5.41, 5.74) is 2.53. The van der Waals surface area contributed by atoms with E-state index < -0.39 is 0 Å². The smallest absolute Gasteiger partial charge is 0.0773 e. The minimum absolute atomic E-state index is 1.14. The van der Waals surface area contributed by atoms with Crippen LogP contribution in [0.25, 0.3) is 0 Å². The molecule has 0 fully saturated rings. The molecule has 1 heterocycles. The van der Waals surface area contributed by atoms with E-state index in [-0.39, 0.29) is 0 Å². The van der Waals surface area contributed by atoms with E-state index in [2.05, 4.69) is 17.1 Å². The maximum atomic E-state index is 4.23. The highest BCUT2D eigenvalue weighted by Gasteiger charge is 2.07. The molecule has 0 saturated carbocycles. The average Bonchev–Trinajstić information content (AvgIpc) is 2.05. The van der Waals surface area contributed by atoms with Crippen LogP contribution in [-0.2, 0) is 12.8 Å². The van der Waals surface area contributed by atoms with Gasteiger partial charge in [-0.05, 0) is 31.7 Å². The maximum absolute atomic E-state index is 4.23. The highest BCUT2D eigenvalue weighted by Crippen LogP contribution is 2.15. The Morgan fingerprint density at radius 2 is 2.20 bits per heavy atom. The Labute approximate surface area is 61.1 Å². The zero-order valence-electron chi connectivity index (χ0n) is 5.85. The van der Waals surface area contributed by atoms with Gasteiger partial charge >= 0.3 is 0 Å². The number of aromatic nitrogens is 1. The van der Waals surface area contributed by atoms with Crippen LogP contribution >= 0.6 is 0 Å². The van der Waals surface area contributed by atoms with Crippen LogP contribution in [0.2, 0.25) is 0 Å². The predicted molar refractivity (Wildman–Crippen MR) is 38.6 cm³/mol. The van der Waals surface area contributed by atoms with Crippen molar-refractivity contribution in [3.05, 3.63) is 29.6 Å². The van der Waals surface area contributed by atoms with Crippen molar-refractivity contribution in [1.82, 2.24) is 4.98 Å². The summed E-state index contributed by atoms with van der Waals surface area (Å²) < 4.78 is 0.